The normalized spacial score (nSPS) is 14.3. The van der Waals surface area contributed by atoms with E-state index in [4.69, 9.17) is 0 Å². The molecule has 0 bridgehead atoms. The molecule has 0 aromatic heterocycles. The highest BCUT2D eigenvalue weighted by molar-refractivity contribution is 4.78. The second-order valence-corrected chi connectivity index (χ2v) is 2.86. The monoisotopic (exact) mass is 156 g/mol. The van der Waals surface area contributed by atoms with Gasteiger partial charge in [-0.25, -0.2) is 0 Å². The Labute approximate surface area is 72.7 Å². The molecule has 0 aromatic carbocycles. The molecular formula is C11H24. The van der Waals surface area contributed by atoms with E-state index in [1.54, 1.807) is 0 Å². The van der Waals surface area contributed by atoms with E-state index in [1.165, 1.54) is 12.8 Å². The van der Waals surface area contributed by atoms with Crippen molar-refractivity contribution < 1.29 is 0 Å². The Balaban J connectivity index is 0. The zero-order valence-corrected chi connectivity index (χ0v) is 8.85. The molecule has 0 heteroatoms. The molecule has 0 fully saturated rings. The van der Waals surface area contributed by atoms with E-state index < -0.39 is 0 Å². The third-order valence-corrected chi connectivity index (χ3v) is 2.01. The van der Waals surface area contributed by atoms with Crippen LogP contribution in [0.4, 0.5) is 0 Å². The van der Waals surface area contributed by atoms with Crippen LogP contribution in [-0.2, 0) is 0 Å². The highest BCUT2D eigenvalue weighted by Crippen LogP contribution is 2.16. The molecule has 0 saturated heterocycles. The van der Waals surface area contributed by atoms with E-state index in [0.717, 1.165) is 5.92 Å². The van der Waals surface area contributed by atoms with Crippen LogP contribution in [0.15, 0.2) is 12.7 Å². The molecule has 0 aliphatic carbocycles. The fourth-order valence-electron chi connectivity index (χ4n) is 0.951. The first-order chi connectivity index (χ1) is 5.22. The zero-order valence-electron chi connectivity index (χ0n) is 8.85. The molecule has 0 N–H and O–H groups in total. The van der Waals surface area contributed by atoms with Crippen LogP contribution in [0.3, 0.4) is 0 Å². The van der Waals surface area contributed by atoms with E-state index in [1.807, 2.05) is 19.9 Å². The van der Waals surface area contributed by atoms with Gasteiger partial charge in [0.05, 0.1) is 0 Å². The first-order valence-electron chi connectivity index (χ1n) is 4.84. The predicted molar refractivity (Wildman–Crippen MR) is 54.8 cm³/mol. The largest absolute Gasteiger partial charge is 0.103 e. The molecule has 0 radical (unpaired) electrons. The molecule has 0 spiro atoms. The molecule has 0 aromatic rings. The summed E-state index contributed by atoms with van der Waals surface area (Å²) in [6, 6.07) is 0. The molecule has 0 aliphatic heterocycles. The van der Waals surface area contributed by atoms with Crippen molar-refractivity contribution in [2.24, 2.45) is 11.8 Å². The lowest BCUT2D eigenvalue weighted by molar-refractivity contribution is 0.424. The Morgan fingerprint density at radius 3 is 2.00 bits per heavy atom. The van der Waals surface area contributed by atoms with E-state index in [-0.39, 0.29) is 0 Å². The van der Waals surface area contributed by atoms with E-state index in [2.05, 4.69) is 27.4 Å². The average Bonchev–Trinajstić information content (AvgIpc) is 2.07. The average molecular weight is 156 g/mol. The molecule has 0 rings (SSSR count). The van der Waals surface area contributed by atoms with Gasteiger partial charge in [0.1, 0.15) is 0 Å². The maximum Gasteiger partial charge on any atom is -0.0239 e. The molecule has 0 aliphatic rings. The van der Waals surface area contributed by atoms with Gasteiger partial charge < -0.3 is 0 Å². The smallest absolute Gasteiger partial charge is 0.0239 e. The number of hydrogen-bond acceptors (Lipinski definition) is 0. The first-order valence-corrected chi connectivity index (χ1v) is 4.84. The Kier molecular flexibility index (Phi) is 11.8. The summed E-state index contributed by atoms with van der Waals surface area (Å²) < 4.78 is 0. The van der Waals surface area contributed by atoms with Crippen LogP contribution in [0, 0.1) is 11.8 Å². The molecule has 2 atom stereocenters. The minimum Gasteiger partial charge on any atom is -0.103 e. The number of hydrogen-bond donors (Lipinski definition) is 0. The van der Waals surface area contributed by atoms with Gasteiger partial charge in [-0.15, -0.1) is 6.58 Å². The van der Waals surface area contributed by atoms with Crippen molar-refractivity contribution in [3.63, 3.8) is 0 Å². The highest BCUT2D eigenvalue weighted by atomic mass is 14.1. The van der Waals surface area contributed by atoms with Gasteiger partial charge in [-0.3, -0.25) is 0 Å². The molecule has 0 amide bonds. The summed E-state index contributed by atoms with van der Waals surface area (Å²) in [5.74, 6) is 1.50. The predicted octanol–water partition coefficient (Wildman–Crippen LogP) is 4.27. The van der Waals surface area contributed by atoms with Crippen LogP contribution in [0.1, 0.15) is 47.5 Å². The molecule has 68 valence electrons. The minimum absolute atomic E-state index is 0.685. The van der Waals surface area contributed by atoms with Crippen molar-refractivity contribution >= 4 is 0 Å². The fourth-order valence-corrected chi connectivity index (χ4v) is 0.951. The quantitative estimate of drug-likeness (QED) is 0.533. The second kappa shape index (κ2) is 9.74. The number of allylic oxidation sites excluding steroid dienone is 1. The van der Waals surface area contributed by atoms with Gasteiger partial charge in [0, 0.05) is 0 Å². The standard InChI is InChI=1S/C9H18.C2H6/c1-5-7-9(4)8(3)6-2;1-2/h6,8-9H,2,5,7H2,1,3-4H3;1-2H3/t8?,9-;/m1./s1. The Bertz CT molecular complexity index is 74.1. The van der Waals surface area contributed by atoms with Crippen LogP contribution in [0.25, 0.3) is 0 Å². The van der Waals surface area contributed by atoms with Gasteiger partial charge in [-0.2, -0.15) is 0 Å². The summed E-state index contributed by atoms with van der Waals surface area (Å²) >= 11 is 0. The van der Waals surface area contributed by atoms with E-state index >= 15 is 0 Å². The maximum absolute atomic E-state index is 3.76. The van der Waals surface area contributed by atoms with Gasteiger partial charge in [0.15, 0.2) is 0 Å². The molecule has 11 heavy (non-hydrogen) atoms. The SMILES string of the molecule is C=CC(C)[C@H](C)CCC.CC. The Morgan fingerprint density at radius 1 is 1.27 bits per heavy atom. The molecular weight excluding hydrogens is 132 g/mol. The summed E-state index contributed by atoms with van der Waals surface area (Å²) in [6.45, 7) is 14.5. The van der Waals surface area contributed by atoms with Crippen molar-refractivity contribution in [2.45, 2.75) is 47.5 Å². The highest BCUT2D eigenvalue weighted by Gasteiger charge is 2.05. The third-order valence-electron chi connectivity index (χ3n) is 2.01. The van der Waals surface area contributed by atoms with Crippen LogP contribution >= 0.6 is 0 Å². The maximum atomic E-state index is 3.76. The third kappa shape index (κ3) is 7.64. The van der Waals surface area contributed by atoms with Gasteiger partial charge in [-0.05, 0) is 11.8 Å². The zero-order chi connectivity index (χ0) is 9.28. The summed E-state index contributed by atoms with van der Waals surface area (Å²) in [5.41, 5.74) is 0. The lowest BCUT2D eigenvalue weighted by atomic mass is 9.92. The molecule has 1 unspecified atom stereocenters. The van der Waals surface area contributed by atoms with Crippen molar-refractivity contribution in [1.82, 2.24) is 0 Å². The molecule has 0 heterocycles. The Hall–Kier alpha value is -0.260. The summed E-state index contributed by atoms with van der Waals surface area (Å²) in [6.07, 6.45) is 4.66. The number of rotatable bonds is 4. The van der Waals surface area contributed by atoms with Crippen molar-refractivity contribution in [1.29, 1.82) is 0 Å². The van der Waals surface area contributed by atoms with Crippen LogP contribution in [-0.4, -0.2) is 0 Å². The van der Waals surface area contributed by atoms with Crippen molar-refractivity contribution in [3.05, 3.63) is 12.7 Å². The fraction of sp³-hybridized carbons (Fsp3) is 0.818. The van der Waals surface area contributed by atoms with Crippen molar-refractivity contribution in [3.8, 4) is 0 Å². The van der Waals surface area contributed by atoms with Gasteiger partial charge in [-0.1, -0.05) is 53.5 Å². The van der Waals surface area contributed by atoms with Crippen molar-refractivity contribution in [2.75, 3.05) is 0 Å². The van der Waals surface area contributed by atoms with Crippen LogP contribution in [0.5, 0.6) is 0 Å². The van der Waals surface area contributed by atoms with Gasteiger partial charge >= 0.3 is 0 Å². The summed E-state index contributed by atoms with van der Waals surface area (Å²) in [4.78, 5) is 0. The summed E-state index contributed by atoms with van der Waals surface area (Å²) in [5, 5.41) is 0. The molecule has 0 saturated carbocycles. The van der Waals surface area contributed by atoms with E-state index in [0.29, 0.717) is 5.92 Å². The van der Waals surface area contributed by atoms with Gasteiger partial charge in [0.2, 0.25) is 0 Å². The second-order valence-electron chi connectivity index (χ2n) is 2.86. The minimum atomic E-state index is 0.685. The molecule has 0 nitrogen and oxygen atoms in total. The Morgan fingerprint density at radius 2 is 1.73 bits per heavy atom. The topological polar surface area (TPSA) is 0 Å². The lowest BCUT2D eigenvalue weighted by Crippen LogP contribution is -2.03. The lowest BCUT2D eigenvalue weighted by Gasteiger charge is -2.13. The van der Waals surface area contributed by atoms with Crippen LogP contribution in [0.2, 0.25) is 0 Å². The first kappa shape index (κ1) is 13.3. The summed E-state index contributed by atoms with van der Waals surface area (Å²) in [7, 11) is 0. The van der Waals surface area contributed by atoms with Gasteiger partial charge in [0.25, 0.3) is 0 Å². The van der Waals surface area contributed by atoms with Crippen LogP contribution < -0.4 is 0 Å². The van der Waals surface area contributed by atoms with E-state index in [9.17, 15) is 0 Å².